The second kappa shape index (κ2) is 8.81. The summed E-state index contributed by atoms with van der Waals surface area (Å²) in [4.78, 5) is 25.9. The standard InChI is InChI=1S/C22H19FN2O3/c1-25(15-21(26)24-18-7-5-6-17(23)14-18)22(27)16-10-12-20(13-11-16)28-19-8-3-2-4-9-19/h2-14H,15H2,1H3,(H,24,26). The lowest BCUT2D eigenvalue weighted by molar-refractivity contribution is -0.116. The fourth-order valence-corrected chi connectivity index (χ4v) is 2.56. The van der Waals surface area contributed by atoms with Crippen LogP contribution in [-0.4, -0.2) is 30.3 Å². The van der Waals surface area contributed by atoms with Gasteiger partial charge in [-0.1, -0.05) is 24.3 Å². The van der Waals surface area contributed by atoms with Gasteiger partial charge in [-0.25, -0.2) is 4.39 Å². The van der Waals surface area contributed by atoms with Crippen molar-refractivity contribution >= 4 is 17.5 Å². The summed E-state index contributed by atoms with van der Waals surface area (Å²) in [6, 6.07) is 21.6. The predicted molar refractivity (Wildman–Crippen MR) is 105 cm³/mol. The van der Waals surface area contributed by atoms with E-state index in [0.717, 1.165) is 0 Å². The molecule has 0 bridgehead atoms. The molecule has 1 N–H and O–H groups in total. The Balaban J connectivity index is 1.57. The zero-order valence-electron chi connectivity index (χ0n) is 15.3. The number of nitrogens with one attached hydrogen (secondary N) is 1. The molecule has 0 saturated carbocycles. The second-order valence-electron chi connectivity index (χ2n) is 6.16. The molecular weight excluding hydrogens is 359 g/mol. The number of nitrogens with zero attached hydrogens (tertiary/aromatic N) is 1. The van der Waals surface area contributed by atoms with Crippen molar-refractivity contribution in [2.75, 3.05) is 18.9 Å². The average molecular weight is 378 g/mol. The number of para-hydroxylation sites is 1. The van der Waals surface area contributed by atoms with Crippen molar-refractivity contribution in [2.45, 2.75) is 0 Å². The Morgan fingerprint density at radius 2 is 1.61 bits per heavy atom. The van der Waals surface area contributed by atoms with E-state index in [0.29, 0.717) is 22.7 Å². The first-order valence-electron chi connectivity index (χ1n) is 8.65. The van der Waals surface area contributed by atoms with Gasteiger partial charge in [-0.2, -0.15) is 0 Å². The number of likely N-dealkylation sites (N-methyl/N-ethyl adjacent to an activating group) is 1. The molecule has 6 heteroatoms. The van der Waals surface area contributed by atoms with Crippen LogP contribution in [-0.2, 0) is 4.79 Å². The topological polar surface area (TPSA) is 58.6 Å². The highest BCUT2D eigenvalue weighted by Crippen LogP contribution is 2.21. The third kappa shape index (κ3) is 5.17. The van der Waals surface area contributed by atoms with E-state index in [4.69, 9.17) is 4.74 Å². The first kappa shape index (κ1) is 19.1. The first-order valence-corrected chi connectivity index (χ1v) is 8.65. The summed E-state index contributed by atoms with van der Waals surface area (Å²) in [5.41, 5.74) is 0.773. The highest BCUT2D eigenvalue weighted by molar-refractivity contribution is 5.99. The lowest BCUT2D eigenvalue weighted by atomic mass is 10.2. The number of ether oxygens (including phenoxy) is 1. The molecule has 0 aliphatic heterocycles. The molecule has 5 nitrogen and oxygen atoms in total. The minimum atomic E-state index is -0.444. The summed E-state index contributed by atoms with van der Waals surface area (Å²) in [7, 11) is 1.53. The van der Waals surface area contributed by atoms with E-state index in [9.17, 15) is 14.0 Å². The van der Waals surface area contributed by atoms with E-state index < -0.39 is 11.7 Å². The van der Waals surface area contributed by atoms with Gasteiger partial charge in [0.2, 0.25) is 5.91 Å². The summed E-state index contributed by atoms with van der Waals surface area (Å²) >= 11 is 0. The first-order chi connectivity index (χ1) is 13.5. The number of benzene rings is 3. The van der Waals surface area contributed by atoms with Crippen molar-refractivity contribution in [3.8, 4) is 11.5 Å². The fourth-order valence-electron chi connectivity index (χ4n) is 2.56. The summed E-state index contributed by atoms with van der Waals surface area (Å²) in [5.74, 6) is 0.146. The molecule has 0 atom stereocenters. The van der Waals surface area contributed by atoms with E-state index in [1.807, 2.05) is 30.3 Å². The monoisotopic (exact) mass is 378 g/mol. The molecule has 28 heavy (non-hydrogen) atoms. The van der Waals surface area contributed by atoms with Gasteiger partial charge in [0, 0.05) is 18.3 Å². The number of carbonyl (C=O) groups is 2. The maximum Gasteiger partial charge on any atom is 0.254 e. The van der Waals surface area contributed by atoms with Crippen LogP contribution in [0.5, 0.6) is 11.5 Å². The summed E-state index contributed by atoms with van der Waals surface area (Å²) in [6.07, 6.45) is 0. The molecule has 0 spiro atoms. The van der Waals surface area contributed by atoms with Crippen molar-refractivity contribution in [3.63, 3.8) is 0 Å². The van der Waals surface area contributed by atoms with Gasteiger partial charge in [0.15, 0.2) is 0 Å². The fraction of sp³-hybridized carbons (Fsp3) is 0.0909. The van der Waals surface area contributed by atoms with Crippen LogP contribution >= 0.6 is 0 Å². The molecule has 0 aromatic heterocycles. The van der Waals surface area contributed by atoms with Gasteiger partial charge in [0.05, 0.1) is 6.54 Å². The number of carbonyl (C=O) groups excluding carboxylic acids is 2. The van der Waals surface area contributed by atoms with Gasteiger partial charge in [0.1, 0.15) is 17.3 Å². The summed E-state index contributed by atoms with van der Waals surface area (Å²) in [5, 5.41) is 2.56. The van der Waals surface area contributed by atoms with Gasteiger partial charge in [-0.15, -0.1) is 0 Å². The molecule has 0 heterocycles. The van der Waals surface area contributed by atoms with Crippen molar-refractivity contribution in [1.29, 1.82) is 0 Å². The summed E-state index contributed by atoms with van der Waals surface area (Å²) < 4.78 is 18.9. The van der Waals surface area contributed by atoms with Gasteiger partial charge < -0.3 is 15.0 Å². The Morgan fingerprint density at radius 3 is 2.29 bits per heavy atom. The molecule has 0 aliphatic carbocycles. The Hall–Kier alpha value is -3.67. The molecule has 0 saturated heterocycles. The Bertz CT molecular complexity index is 959. The minimum Gasteiger partial charge on any atom is -0.457 e. The zero-order chi connectivity index (χ0) is 19.9. The van der Waals surface area contributed by atoms with Crippen LogP contribution in [0.4, 0.5) is 10.1 Å². The molecule has 0 fully saturated rings. The van der Waals surface area contributed by atoms with Crippen molar-refractivity contribution in [1.82, 2.24) is 4.90 Å². The molecule has 3 aromatic carbocycles. The second-order valence-corrected chi connectivity index (χ2v) is 6.16. The molecule has 3 aromatic rings. The van der Waals surface area contributed by atoms with Gasteiger partial charge >= 0.3 is 0 Å². The van der Waals surface area contributed by atoms with E-state index in [2.05, 4.69) is 5.32 Å². The van der Waals surface area contributed by atoms with Crippen LogP contribution in [0.2, 0.25) is 0 Å². The number of halogens is 1. The molecule has 2 amide bonds. The number of rotatable bonds is 6. The molecule has 0 radical (unpaired) electrons. The van der Waals surface area contributed by atoms with Gasteiger partial charge in [-0.05, 0) is 54.6 Å². The molecular formula is C22H19FN2O3. The van der Waals surface area contributed by atoms with E-state index in [-0.39, 0.29) is 12.5 Å². The van der Waals surface area contributed by atoms with Crippen LogP contribution < -0.4 is 10.1 Å². The number of anilines is 1. The number of amides is 2. The van der Waals surface area contributed by atoms with Crippen LogP contribution in [0.15, 0.2) is 78.9 Å². The van der Waals surface area contributed by atoms with Crippen molar-refractivity contribution < 1.29 is 18.7 Å². The molecule has 0 aliphatic rings. The molecule has 0 unspecified atom stereocenters. The highest BCUT2D eigenvalue weighted by Gasteiger charge is 2.15. The lowest BCUT2D eigenvalue weighted by Gasteiger charge is -2.17. The van der Waals surface area contributed by atoms with Crippen molar-refractivity contribution in [3.05, 3.63) is 90.2 Å². The lowest BCUT2D eigenvalue weighted by Crippen LogP contribution is -2.34. The van der Waals surface area contributed by atoms with E-state index in [1.54, 1.807) is 30.3 Å². The Morgan fingerprint density at radius 1 is 0.929 bits per heavy atom. The highest BCUT2D eigenvalue weighted by atomic mass is 19.1. The van der Waals surface area contributed by atoms with Crippen LogP contribution in [0.3, 0.4) is 0 Å². The normalized spacial score (nSPS) is 10.2. The minimum absolute atomic E-state index is 0.155. The van der Waals surface area contributed by atoms with Crippen LogP contribution in [0.25, 0.3) is 0 Å². The zero-order valence-corrected chi connectivity index (χ0v) is 15.3. The van der Waals surface area contributed by atoms with E-state index in [1.165, 1.54) is 30.1 Å². The van der Waals surface area contributed by atoms with Gasteiger partial charge in [-0.3, -0.25) is 9.59 Å². The largest absolute Gasteiger partial charge is 0.457 e. The van der Waals surface area contributed by atoms with Gasteiger partial charge in [0.25, 0.3) is 5.91 Å². The maximum atomic E-state index is 13.2. The molecule has 3 rings (SSSR count). The van der Waals surface area contributed by atoms with E-state index >= 15 is 0 Å². The average Bonchev–Trinajstić information content (AvgIpc) is 2.68. The summed E-state index contributed by atoms with van der Waals surface area (Å²) in [6.45, 7) is -0.155. The Labute approximate surface area is 162 Å². The van der Waals surface area contributed by atoms with Crippen molar-refractivity contribution in [2.24, 2.45) is 0 Å². The third-order valence-corrected chi connectivity index (χ3v) is 3.92. The maximum absolute atomic E-state index is 13.2. The number of hydrogen-bond acceptors (Lipinski definition) is 3. The Kier molecular flexibility index (Phi) is 6.01. The van der Waals surface area contributed by atoms with Crippen LogP contribution in [0, 0.1) is 5.82 Å². The van der Waals surface area contributed by atoms with Crippen LogP contribution in [0.1, 0.15) is 10.4 Å². The quantitative estimate of drug-likeness (QED) is 0.695. The smallest absolute Gasteiger partial charge is 0.254 e. The number of hydrogen-bond donors (Lipinski definition) is 1. The SMILES string of the molecule is CN(CC(=O)Nc1cccc(F)c1)C(=O)c1ccc(Oc2ccccc2)cc1. The third-order valence-electron chi connectivity index (χ3n) is 3.92. The predicted octanol–water partition coefficient (Wildman–Crippen LogP) is 4.33. The molecule has 142 valence electrons.